The van der Waals surface area contributed by atoms with Gasteiger partial charge in [-0.3, -0.25) is 4.79 Å². The van der Waals surface area contributed by atoms with Gasteiger partial charge in [0.1, 0.15) is 5.75 Å². The zero-order chi connectivity index (χ0) is 23.5. The van der Waals surface area contributed by atoms with Gasteiger partial charge < -0.3 is 24.8 Å². The van der Waals surface area contributed by atoms with Crippen LogP contribution in [-0.2, 0) is 4.79 Å². The van der Waals surface area contributed by atoms with Gasteiger partial charge in [-0.2, -0.15) is 5.10 Å². The normalized spacial score (nSPS) is 10.4. The van der Waals surface area contributed by atoms with Crippen molar-refractivity contribution in [1.82, 2.24) is 5.43 Å². The van der Waals surface area contributed by atoms with Gasteiger partial charge in [-0.15, -0.1) is 0 Å². The lowest BCUT2D eigenvalue weighted by molar-refractivity contribution is -0.118. The fourth-order valence-electron chi connectivity index (χ4n) is 2.81. The van der Waals surface area contributed by atoms with E-state index in [2.05, 4.69) is 21.2 Å². The van der Waals surface area contributed by atoms with Gasteiger partial charge in [-0.05, 0) is 48.0 Å². The highest BCUT2D eigenvalue weighted by molar-refractivity contribution is 5.93. The van der Waals surface area contributed by atoms with Crippen molar-refractivity contribution in [3.63, 3.8) is 0 Å². The summed E-state index contributed by atoms with van der Waals surface area (Å²) in [6.07, 6.45) is 1.46. The maximum Gasteiger partial charge on any atom is 0.339 e. The van der Waals surface area contributed by atoms with Crippen LogP contribution in [0.15, 0.2) is 77.9 Å². The minimum Gasteiger partial charge on any atom is -0.495 e. The van der Waals surface area contributed by atoms with Crippen molar-refractivity contribution in [3.05, 3.63) is 78.4 Å². The molecule has 0 saturated heterocycles. The third kappa shape index (κ3) is 7.00. The Hall–Kier alpha value is -4.53. The molecular formula is C24H24N4O5. The summed E-state index contributed by atoms with van der Waals surface area (Å²) >= 11 is 0. The van der Waals surface area contributed by atoms with Crippen molar-refractivity contribution in [3.8, 4) is 17.2 Å². The molecule has 170 valence electrons. The van der Waals surface area contributed by atoms with Gasteiger partial charge in [-0.25, -0.2) is 10.2 Å². The van der Waals surface area contributed by atoms with Gasteiger partial charge in [0, 0.05) is 5.69 Å². The zero-order valence-electron chi connectivity index (χ0n) is 18.2. The molecular weight excluding hydrogens is 424 g/mol. The molecule has 0 aliphatic heterocycles. The molecule has 3 aromatic rings. The van der Waals surface area contributed by atoms with Crippen LogP contribution < -0.4 is 30.3 Å². The van der Waals surface area contributed by atoms with Gasteiger partial charge in [0.05, 0.1) is 26.1 Å². The molecule has 3 N–H and O–H groups in total. The number of benzene rings is 3. The maximum atomic E-state index is 12.3. The molecule has 0 heterocycles. The number of carbonyl (C=O) groups is 2. The number of rotatable bonds is 9. The third-order valence-electron chi connectivity index (χ3n) is 4.34. The summed E-state index contributed by atoms with van der Waals surface area (Å²) in [5.41, 5.74) is 4.26. The first-order valence-corrected chi connectivity index (χ1v) is 9.98. The first-order valence-electron chi connectivity index (χ1n) is 9.98. The predicted molar refractivity (Wildman–Crippen MR) is 126 cm³/mol. The van der Waals surface area contributed by atoms with Crippen LogP contribution in [0.25, 0.3) is 0 Å². The monoisotopic (exact) mass is 448 g/mol. The topological polar surface area (TPSA) is 110 Å². The Morgan fingerprint density at radius 1 is 0.848 bits per heavy atom. The summed E-state index contributed by atoms with van der Waals surface area (Å²) in [4.78, 5) is 24.1. The SMILES string of the molecule is COc1ccccc1NC(=O)COc1ccc(/C=N/NC(=O)Nc2ccccc2)cc1OC. The first-order chi connectivity index (χ1) is 16.1. The number of hydrogen-bond acceptors (Lipinski definition) is 6. The molecule has 0 saturated carbocycles. The Bertz CT molecular complexity index is 1120. The van der Waals surface area contributed by atoms with Gasteiger partial charge >= 0.3 is 6.03 Å². The van der Waals surface area contributed by atoms with E-state index in [4.69, 9.17) is 14.2 Å². The molecule has 9 heteroatoms. The number of ether oxygens (including phenoxy) is 3. The van der Waals surface area contributed by atoms with E-state index in [9.17, 15) is 9.59 Å². The molecule has 0 bridgehead atoms. The van der Waals surface area contributed by atoms with E-state index >= 15 is 0 Å². The van der Waals surface area contributed by atoms with E-state index in [1.807, 2.05) is 24.3 Å². The van der Waals surface area contributed by atoms with Crippen LogP contribution in [0.5, 0.6) is 17.2 Å². The Balaban J connectivity index is 1.54. The van der Waals surface area contributed by atoms with Crippen molar-refractivity contribution in [1.29, 1.82) is 0 Å². The fourth-order valence-corrected chi connectivity index (χ4v) is 2.81. The average Bonchev–Trinajstić information content (AvgIpc) is 2.84. The molecule has 0 aliphatic rings. The van der Waals surface area contributed by atoms with Crippen molar-refractivity contribution < 1.29 is 23.8 Å². The Morgan fingerprint density at radius 2 is 1.58 bits per heavy atom. The fraction of sp³-hybridized carbons (Fsp3) is 0.125. The largest absolute Gasteiger partial charge is 0.495 e. The van der Waals surface area contributed by atoms with Gasteiger partial charge in [-0.1, -0.05) is 30.3 Å². The second-order valence-electron chi connectivity index (χ2n) is 6.64. The number of para-hydroxylation sites is 3. The molecule has 0 fully saturated rings. The van der Waals surface area contributed by atoms with Crippen LogP contribution in [0.1, 0.15) is 5.56 Å². The number of nitrogens with zero attached hydrogens (tertiary/aromatic N) is 1. The average molecular weight is 448 g/mol. The summed E-state index contributed by atoms with van der Waals surface area (Å²) in [5.74, 6) is 1.01. The molecule has 0 aliphatic carbocycles. The lowest BCUT2D eigenvalue weighted by Crippen LogP contribution is -2.24. The predicted octanol–water partition coefficient (Wildman–Crippen LogP) is 3.88. The molecule has 0 aromatic heterocycles. The van der Waals surface area contributed by atoms with Crippen molar-refractivity contribution in [2.75, 3.05) is 31.5 Å². The van der Waals surface area contributed by atoms with Gasteiger partial charge in [0.2, 0.25) is 0 Å². The van der Waals surface area contributed by atoms with E-state index in [0.717, 1.165) is 0 Å². The Labute approximate surface area is 191 Å². The number of methoxy groups -OCH3 is 2. The Kier molecular flexibility index (Phi) is 8.24. The number of anilines is 2. The minimum atomic E-state index is -0.467. The van der Waals surface area contributed by atoms with Crippen LogP contribution in [-0.4, -0.2) is 39.0 Å². The zero-order valence-corrected chi connectivity index (χ0v) is 18.2. The first kappa shape index (κ1) is 23.1. The highest BCUT2D eigenvalue weighted by Gasteiger charge is 2.10. The number of hydrazone groups is 1. The highest BCUT2D eigenvalue weighted by Crippen LogP contribution is 2.28. The summed E-state index contributed by atoms with van der Waals surface area (Å²) in [5, 5.41) is 9.32. The van der Waals surface area contributed by atoms with Crippen molar-refractivity contribution >= 4 is 29.5 Å². The number of carbonyl (C=O) groups excluding carboxylic acids is 2. The number of hydrogen-bond donors (Lipinski definition) is 3. The van der Waals surface area contributed by atoms with E-state index in [1.54, 1.807) is 48.5 Å². The molecule has 0 atom stereocenters. The highest BCUT2D eigenvalue weighted by atomic mass is 16.5. The third-order valence-corrected chi connectivity index (χ3v) is 4.34. The molecule has 0 spiro atoms. The standard InChI is InChI=1S/C24H24N4O5/c1-31-20-11-7-6-10-19(20)27-23(29)16-33-21-13-12-17(14-22(21)32-2)15-25-28-24(30)26-18-8-4-3-5-9-18/h3-15H,16H2,1-2H3,(H,27,29)(H2,26,28,30)/b25-15+. The smallest absolute Gasteiger partial charge is 0.339 e. The molecule has 9 nitrogen and oxygen atoms in total. The number of urea groups is 1. The summed E-state index contributed by atoms with van der Waals surface area (Å²) in [6, 6.07) is 20.7. The van der Waals surface area contributed by atoms with E-state index < -0.39 is 6.03 Å². The van der Waals surface area contributed by atoms with Crippen molar-refractivity contribution in [2.45, 2.75) is 0 Å². The van der Waals surface area contributed by atoms with Crippen LogP contribution >= 0.6 is 0 Å². The lowest BCUT2D eigenvalue weighted by atomic mass is 10.2. The van der Waals surface area contributed by atoms with Gasteiger partial charge in [0.25, 0.3) is 5.91 Å². The van der Waals surface area contributed by atoms with Gasteiger partial charge in [0.15, 0.2) is 18.1 Å². The number of nitrogens with one attached hydrogen (secondary N) is 3. The second kappa shape index (κ2) is 11.8. The summed E-state index contributed by atoms with van der Waals surface area (Å²) < 4.78 is 16.2. The summed E-state index contributed by atoms with van der Waals surface area (Å²) in [7, 11) is 3.02. The van der Waals surface area contributed by atoms with Crippen LogP contribution in [0.4, 0.5) is 16.2 Å². The van der Waals surface area contributed by atoms with E-state index in [0.29, 0.717) is 34.2 Å². The van der Waals surface area contributed by atoms with Crippen LogP contribution in [0.3, 0.4) is 0 Å². The molecule has 0 radical (unpaired) electrons. The minimum absolute atomic E-state index is 0.219. The molecule has 3 amide bonds. The van der Waals surface area contributed by atoms with Crippen LogP contribution in [0, 0.1) is 0 Å². The molecule has 0 unspecified atom stereocenters. The molecule has 33 heavy (non-hydrogen) atoms. The molecule has 3 rings (SSSR count). The second-order valence-corrected chi connectivity index (χ2v) is 6.64. The number of amides is 3. The van der Waals surface area contributed by atoms with Crippen LogP contribution in [0.2, 0.25) is 0 Å². The lowest BCUT2D eigenvalue weighted by Gasteiger charge is -2.12. The van der Waals surface area contributed by atoms with Crippen molar-refractivity contribution in [2.24, 2.45) is 5.10 Å². The van der Waals surface area contributed by atoms with E-state index in [-0.39, 0.29) is 12.5 Å². The maximum absolute atomic E-state index is 12.3. The quantitative estimate of drug-likeness (QED) is 0.340. The Morgan fingerprint density at radius 3 is 2.33 bits per heavy atom. The molecule has 3 aromatic carbocycles. The summed E-state index contributed by atoms with van der Waals surface area (Å²) in [6.45, 7) is -0.219. The van der Waals surface area contributed by atoms with E-state index in [1.165, 1.54) is 20.4 Å².